The molecule has 1 saturated carbocycles. The third kappa shape index (κ3) is 3.15. The summed E-state index contributed by atoms with van der Waals surface area (Å²) >= 11 is 0. The first-order chi connectivity index (χ1) is 9.28. The molecule has 2 unspecified atom stereocenters. The van der Waals surface area contributed by atoms with E-state index in [1.807, 2.05) is 13.8 Å². The molecule has 2 fully saturated rings. The molecule has 0 aromatic heterocycles. The summed E-state index contributed by atoms with van der Waals surface area (Å²) in [4.78, 5) is 13.8. The summed E-state index contributed by atoms with van der Waals surface area (Å²) in [6.07, 6.45) is 0.349. The summed E-state index contributed by atoms with van der Waals surface area (Å²) in [6.45, 7) is 9.72. The number of nitrogens with two attached hydrogens (primary N) is 1. The number of carbonyl (C=O) groups is 1. The van der Waals surface area contributed by atoms with E-state index in [1.165, 1.54) is 4.90 Å². The minimum atomic E-state index is -2.89. The molecule has 6 heteroatoms. The van der Waals surface area contributed by atoms with Crippen molar-refractivity contribution in [1.29, 1.82) is 0 Å². The number of alkyl halides is 2. The molecule has 1 heterocycles. The van der Waals surface area contributed by atoms with Gasteiger partial charge in [0.15, 0.2) is 0 Å². The van der Waals surface area contributed by atoms with Gasteiger partial charge in [-0.15, -0.1) is 0 Å². The molecule has 2 N–H and O–H groups in total. The van der Waals surface area contributed by atoms with Crippen LogP contribution in [-0.4, -0.2) is 40.6 Å². The van der Waals surface area contributed by atoms with Crippen LogP contribution in [0.2, 0.25) is 0 Å². The molecule has 1 amide bonds. The molecule has 2 rings (SSSR count). The van der Waals surface area contributed by atoms with Crippen LogP contribution in [0.4, 0.5) is 13.6 Å². The minimum absolute atomic E-state index is 0.117. The Kier molecular flexibility index (Phi) is 3.56. The molecule has 2 atom stereocenters. The number of carbonyl (C=O) groups excluding carboxylic acids is 1. The van der Waals surface area contributed by atoms with Crippen molar-refractivity contribution in [2.75, 3.05) is 6.54 Å². The lowest BCUT2D eigenvalue weighted by molar-refractivity contribution is -0.0262. The van der Waals surface area contributed by atoms with Gasteiger partial charge in [-0.1, -0.05) is 13.8 Å². The fraction of sp³-hybridized carbons (Fsp3) is 0.933. The van der Waals surface area contributed by atoms with Crippen molar-refractivity contribution in [3.05, 3.63) is 0 Å². The third-order valence-electron chi connectivity index (χ3n) is 4.36. The van der Waals surface area contributed by atoms with Crippen LogP contribution in [0.1, 0.15) is 53.9 Å². The highest BCUT2D eigenvalue weighted by Gasteiger charge is 2.74. The standard InChI is InChI=1S/C15H26F2N2O2/c1-12(2,3)21-11(20)19-9-13(4,5)7-6-10(19)14(18)8-15(14,16)17/h10H,6-9,18H2,1-5H3. The Bertz CT molecular complexity index is 445. The Morgan fingerprint density at radius 3 is 2.29 bits per heavy atom. The maximum absolute atomic E-state index is 13.6. The van der Waals surface area contributed by atoms with Gasteiger partial charge >= 0.3 is 6.09 Å². The van der Waals surface area contributed by atoms with Gasteiger partial charge in [0, 0.05) is 13.0 Å². The Balaban J connectivity index is 2.21. The molecule has 21 heavy (non-hydrogen) atoms. The molecule has 0 radical (unpaired) electrons. The highest BCUT2D eigenvalue weighted by Crippen LogP contribution is 2.56. The summed E-state index contributed by atoms with van der Waals surface area (Å²) < 4.78 is 32.6. The van der Waals surface area contributed by atoms with Crippen molar-refractivity contribution in [3.63, 3.8) is 0 Å². The molecule has 0 spiro atoms. The van der Waals surface area contributed by atoms with Gasteiger partial charge in [0.25, 0.3) is 5.92 Å². The van der Waals surface area contributed by atoms with Crippen molar-refractivity contribution in [3.8, 4) is 0 Å². The molecule has 1 aliphatic heterocycles. The monoisotopic (exact) mass is 304 g/mol. The van der Waals surface area contributed by atoms with Crippen molar-refractivity contribution in [2.45, 2.75) is 77.0 Å². The largest absolute Gasteiger partial charge is 0.444 e. The molecular weight excluding hydrogens is 278 g/mol. The number of amides is 1. The first kappa shape index (κ1) is 16.5. The normalized spacial score (nSPS) is 34.5. The number of piperidine rings is 1. The average molecular weight is 304 g/mol. The van der Waals surface area contributed by atoms with E-state index in [9.17, 15) is 13.6 Å². The zero-order valence-electron chi connectivity index (χ0n) is 13.5. The quantitative estimate of drug-likeness (QED) is 0.809. The number of halogens is 2. The van der Waals surface area contributed by atoms with Crippen LogP contribution in [0.5, 0.6) is 0 Å². The zero-order valence-corrected chi connectivity index (χ0v) is 13.5. The fourth-order valence-corrected chi connectivity index (χ4v) is 3.07. The van der Waals surface area contributed by atoms with E-state index >= 15 is 0 Å². The average Bonchev–Trinajstić information content (AvgIpc) is 2.74. The van der Waals surface area contributed by atoms with Crippen LogP contribution in [0, 0.1) is 5.41 Å². The third-order valence-corrected chi connectivity index (χ3v) is 4.36. The first-order valence-corrected chi connectivity index (χ1v) is 7.44. The molecule has 0 aromatic carbocycles. The second-order valence-electron chi connectivity index (χ2n) is 8.25. The van der Waals surface area contributed by atoms with Crippen LogP contribution in [0.3, 0.4) is 0 Å². The summed E-state index contributed by atoms with van der Waals surface area (Å²) in [6, 6.07) is -0.657. The van der Waals surface area contributed by atoms with Crippen molar-refractivity contribution < 1.29 is 18.3 Å². The van der Waals surface area contributed by atoms with Crippen molar-refractivity contribution in [2.24, 2.45) is 11.1 Å². The molecule has 4 nitrogen and oxygen atoms in total. The second-order valence-corrected chi connectivity index (χ2v) is 8.25. The van der Waals surface area contributed by atoms with Gasteiger partial charge in [0.2, 0.25) is 0 Å². The number of ether oxygens (including phenoxy) is 1. The topological polar surface area (TPSA) is 55.6 Å². The first-order valence-electron chi connectivity index (χ1n) is 7.44. The van der Waals surface area contributed by atoms with Gasteiger partial charge in [-0.3, -0.25) is 0 Å². The lowest BCUT2D eigenvalue weighted by Crippen LogP contribution is -2.60. The molecule has 0 bridgehead atoms. The fourth-order valence-electron chi connectivity index (χ4n) is 3.07. The highest BCUT2D eigenvalue weighted by molar-refractivity contribution is 5.69. The van der Waals surface area contributed by atoms with Gasteiger partial charge in [-0.05, 0) is 39.0 Å². The van der Waals surface area contributed by atoms with Gasteiger partial charge in [0.05, 0.1) is 6.04 Å². The Morgan fingerprint density at radius 2 is 1.86 bits per heavy atom. The number of rotatable bonds is 1. The van der Waals surface area contributed by atoms with Crippen molar-refractivity contribution >= 4 is 6.09 Å². The number of hydrogen-bond donors (Lipinski definition) is 1. The van der Waals surface area contributed by atoms with Crippen LogP contribution < -0.4 is 5.73 Å². The van der Waals surface area contributed by atoms with E-state index in [1.54, 1.807) is 20.8 Å². The Labute approximate surface area is 125 Å². The van der Waals surface area contributed by atoms with E-state index in [4.69, 9.17) is 10.5 Å². The van der Waals surface area contributed by atoms with E-state index in [0.29, 0.717) is 13.0 Å². The number of likely N-dealkylation sites (tertiary alicyclic amines) is 1. The Hall–Kier alpha value is -0.910. The smallest absolute Gasteiger partial charge is 0.410 e. The van der Waals surface area contributed by atoms with Crippen molar-refractivity contribution in [1.82, 2.24) is 4.90 Å². The van der Waals surface area contributed by atoms with Crippen LogP contribution in [0.15, 0.2) is 0 Å². The van der Waals surface area contributed by atoms with Gasteiger partial charge < -0.3 is 15.4 Å². The maximum Gasteiger partial charge on any atom is 0.410 e. The van der Waals surface area contributed by atoms with E-state index in [0.717, 1.165) is 6.42 Å². The van der Waals surface area contributed by atoms with Gasteiger partial charge in [0.1, 0.15) is 11.1 Å². The van der Waals surface area contributed by atoms with Crippen LogP contribution in [-0.2, 0) is 4.74 Å². The zero-order chi connectivity index (χ0) is 16.3. The predicted molar refractivity (Wildman–Crippen MR) is 76.2 cm³/mol. The summed E-state index contributed by atoms with van der Waals surface area (Å²) in [7, 11) is 0. The van der Waals surface area contributed by atoms with E-state index < -0.39 is 29.2 Å². The minimum Gasteiger partial charge on any atom is -0.444 e. The number of nitrogens with zero attached hydrogens (tertiary/aromatic N) is 1. The molecular formula is C15H26F2N2O2. The lowest BCUT2D eigenvalue weighted by Gasteiger charge is -2.46. The summed E-state index contributed by atoms with van der Waals surface area (Å²) in [5.74, 6) is -2.89. The van der Waals surface area contributed by atoms with E-state index in [2.05, 4.69) is 0 Å². The van der Waals surface area contributed by atoms with E-state index in [-0.39, 0.29) is 11.8 Å². The molecule has 1 aliphatic carbocycles. The highest BCUT2D eigenvalue weighted by atomic mass is 19.3. The lowest BCUT2D eigenvalue weighted by atomic mass is 9.79. The molecule has 0 aromatic rings. The van der Waals surface area contributed by atoms with Crippen LogP contribution in [0.25, 0.3) is 0 Å². The molecule has 122 valence electrons. The number of hydrogen-bond acceptors (Lipinski definition) is 3. The second kappa shape index (κ2) is 4.54. The molecule has 2 aliphatic rings. The van der Waals surface area contributed by atoms with Gasteiger partial charge in [-0.2, -0.15) is 0 Å². The van der Waals surface area contributed by atoms with Crippen LogP contribution >= 0.6 is 0 Å². The van der Waals surface area contributed by atoms with Gasteiger partial charge in [-0.25, -0.2) is 13.6 Å². The SMILES string of the molecule is CC1(C)CCC(C2(N)CC2(F)F)N(C(=O)OC(C)(C)C)C1. The predicted octanol–water partition coefficient (Wildman–Crippen LogP) is 3.15. The molecule has 1 saturated heterocycles. The Morgan fingerprint density at radius 1 is 1.33 bits per heavy atom. The summed E-state index contributed by atoms with van der Waals surface area (Å²) in [5, 5.41) is 0. The maximum atomic E-state index is 13.6. The summed E-state index contributed by atoms with van der Waals surface area (Å²) in [5.41, 5.74) is 3.51.